The Morgan fingerprint density at radius 2 is 1.08 bits per heavy atom. The van der Waals surface area contributed by atoms with Gasteiger partial charge in [0.2, 0.25) is 5.91 Å². The van der Waals surface area contributed by atoms with Crippen molar-refractivity contribution in [3.8, 4) is 0 Å². The van der Waals surface area contributed by atoms with Gasteiger partial charge in [-0.2, -0.15) is 0 Å². The van der Waals surface area contributed by atoms with Crippen molar-refractivity contribution in [3.63, 3.8) is 0 Å². The first-order chi connectivity index (χ1) is 33.6. The second-order valence-corrected chi connectivity index (χ2v) is 27.2. The molecule has 0 bridgehead atoms. The number of carbonyl (C=O) groups is 8. The Hall–Kier alpha value is -1.86. The molecule has 0 aliphatic rings. The Morgan fingerprint density at radius 1 is 0.684 bits per heavy atom. The normalized spacial score (nSPS) is 9.47. The summed E-state index contributed by atoms with van der Waals surface area (Å²) < 4.78 is 22.2. The standard InChI is InChI=1S/C10H15NO2S.2C5H7ClO3.C5H11NO.2C5H11NS.C4H7ClO2.C3H6O2.4CH4.P2S5/c1-4-13-10(12)8-6-11-9(14-8)5-7(2)3;2*1-2-9-5(8)4(6)3-7;3*1-4(2)3-5(6)7;1-2-7-4(6)3-5;1-2-5-3-4;;;;;3-1-2-5-7-6-4/h6-7H,4-5H2,1-3H3;2*3-4H,2H2,1H3;3*4H,3H2,1-2H3,(H2,6,7);2-3H2,1H3;3H,2H2,1H3;4*1H4;. The first-order valence-electron chi connectivity index (χ1n) is 21.5. The monoisotopic (exact) mass is 1330 g/mol. The maximum absolute atomic E-state index is 11.3. The van der Waals surface area contributed by atoms with Gasteiger partial charge < -0.3 is 50.5 Å². The van der Waals surface area contributed by atoms with Crippen molar-refractivity contribution in [2.24, 2.45) is 40.9 Å². The van der Waals surface area contributed by atoms with Gasteiger partial charge in [-0.25, -0.2) is 19.4 Å². The van der Waals surface area contributed by atoms with Gasteiger partial charge in [0.25, 0.3) is 6.47 Å². The molecule has 30 heteroatoms. The molecular weight excluding hydrogens is 1240 g/mol. The lowest BCUT2D eigenvalue weighted by Crippen LogP contribution is -2.18. The Morgan fingerprint density at radius 3 is 1.28 bits per heavy atom. The second-order valence-electron chi connectivity index (χ2n) is 14.1. The van der Waals surface area contributed by atoms with Gasteiger partial charge in [0.1, 0.15) is 23.3 Å². The lowest BCUT2D eigenvalue weighted by Gasteiger charge is -1.99. The van der Waals surface area contributed by atoms with Crippen molar-refractivity contribution in [1.82, 2.24) is 4.98 Å². The van der Waals surface area contributed by atoms with Crippen LogP contribution < -0.4 is 17.2 Å². The summed E-state index contributed by atoms with van der Waals surface area (Å²) in [6.45, 7) is 27.4. The quantitative estimate of drug-likeness (QED) is 0.0196. The highest BCUT2D eigenvalue weighted by Gasteiger charge is 2.15. The van der Waals surface area contributed by atoms with Crippen molar-refractivity contribution in [2.75, 3.05) is 38.9 Å². The fraction of sp³-hybridized carbons (Fsp3) is 0.717. The minimum Gasteiger partial charge on any atom is -0.468 e. The third-order valence-electron chi connectivity index (χ3n) is 5.48. The van der Waals surface area contributed by atoms with Gasteiger partial charge in [0.05, 0.1) is 54.2 Å². The number of ether oxygens (including phenoxy) is 5. The van der Waals surface area contributed by atoms with Crippen molar-refractivity contribution >= 4 is 194 Å². The molecule has 1 rings (SSSR count). The molecule has 2 atom stereocenters. The van der Waals surface area contributed by atoms with E-state index in [9.17, 15) is 38.4 Å². The van der Waals surface area contributed by atoms with Crippen LogP contribution in [0, 0.1) is 23.7 Å². The van der Waals surface area contributed by atoms with Crippen LogP contribution in [0.15, 0.2) is 6.20 Å². The summed E-state index contributed by atoms with van der Waals surface area (Å²) in [5.41, 5.74) is 15.3. The summed E-state index contributed by atoms with van der Waals surface area (Å²) in [5, 5.41) is -1.29. The molecule has 6 N–H and O–H groups in total. The number of halogens is 3. The van der Waals surface area contributed by atoms with Crippen LogP contribution in [0.25, 0.3) is 0 Å². The first-order valence-corrected chi connectivity index (χ1v) is 33.1. The molecule has 0 saturated heterocycles. The summed E-state index contributed by atoms with van der Waals surface area (Å²) in [7, 11) is 6.83. The summed E-state index contributed by atoms with van der Waals surface area (Å²) in [5.74, 6) is -0.0698. The number of hydrogen-bond acceptors (Lipinski definition) is 19. The van der Waals surface area contributed by atoms with Crippen LogP contribution in [0.3, 0.4) is 0 Å². The number of hydrogen-bond donors (Lipinski definition) is 3. The molecule has 0 fully saturated rings. The number of carbonyl (C=O) groups excluding carboxylic acids is 8. The zero-order chi connectivity index (χ0) is 58.0. The molecule has 0 aliphatic heterocycles. The van der Waals surface area contributed by atoms with Crippen LogP contribution in [0.4, 0.5) is 0 Å². The van der Waals surface area contributed by atoms with Gasteiger partial charge in [0, 0.05) is 26.9 Å². The molecule has 1 aromatic rings. The van der Waals surface area contributed by atoms with Crippen LogP contribution in [-0.2, 0) is 114 Å². The van der Waals surface area contributed by atoms with E-state index < -0.39 is 22.7 Å². The van der Waals surface area contributed by atoms with Crippen LogP contribution in [0.2, 0.25) is 0 Å². The van der Waals surface area contributed by atoms with Crippen LogP contribution in [0.1, 0.15) is 154 Å². The molecule has 76 heavy (non-hydrogen) atoms. The van der Waals surface area contributed by atoms with Crippen molar-refractivity contribution < 1.29 is 62.0 Å². The highest BCUT2D eigenvalue weighted by molar-refractivity contribution is 8.63. The zero-order valence-corrected chi connectivity index (χ0v) is 53.7. The molecule has 0 aliphatic carbocycles. The third kappa shape index (κ3) is 104. The van der Waals surface area contributed by atoms with Crippen molar-refractivity contribution in [2.45, 2.75) is 156 Å². The highest BCUT2D eigenvalue weighted by Crippen LogP contribution is 2.17. The van der Waals surface area contributed by atoms with Gasteiger partial charge >= 0.3 is 23.9 Å². The highest BCUT2D eigenvalue weighted by atomic mass is 35.5. The van der Waals surface area contributed by atoms with Gasteiger partial charge in [-0.15, -0.1) is 46.1 Å². The second kappa shape index (κ2) is 79.6. The number of rotatable bonds is 21. The molecule has 0 saturated carbocycles. The lowest BCUT2D eigenvalue weighted by atomic mass is 10.1. The molecule has 0 radical (unpaired) electrons. The van der Waals surface area contributed by atoms with Crippen LogP contribution in [-0.4, -0.2) is 113 Å². The average Bonchev–Trinajstić information content (AvgIpc) is 3.75. The van der Waals surface area contributed by atoms with Crippen molar-refractivity contribution in [1.29, 1.82) is 0 Å². The molecule has 452 valence electrons. The van der Waals surface area contributed by atoms with Gasteiger partial charge in [-0.3, -0.25) is 14.4 Å². The van der Waals surface area contributed by atoms with Gasteiger partial charge in [0.15, 0.2) is 10.8 Å². The van der Waals surface area contributed by atoms with E-state index >= 15 is 0 Å². The fourth-order valence-electron chi connectivity index (χ4n) is 3.12. The fourth-order valence-corrected chi connectivity index (χ4v) is 14.6. The van der Waals surface area contributed by atoms with E-state index in [-0.39, 0.29) is 66.6 Å². The molecule has 1 heterocycles. The Kier molecular flexibility index (Phi) is 108. The molecule has 1 amide bonds. The van der Waals surface area contributed by atoms with E-state index in [0.717, 1.165) is 31.3 Å². The molecule has 0 aromatic carbocycles. The van der Waals surface area contributed by atoms with E-state index in [1.54, 1.807) is 59.2 Å². The number of nitrogens with zero attached hydrogens (tertiary/aromatic N) is 1. The maximum atomic E-state index is 11.3. The first kappa shape index (κ1) is 103. The number of thiocarbonyl (C=S) groups is 2. The molecular formula is C46H91Cl3N4O13P2S8. The van der Waals surface area contributed by atoms with Crippen LogP contribution in [0.5, 0.6) is 0 Å². The largest absolute Gasteiger partial charge is 0.468 e. The summed E-state index contributed by atoms with van der Waals surface area (Å²) in [6.07, 6.45) is 5.42. The number of alkyl halides is 3. The van der Waals surface area contributed by atoms with E-state index in [4.69, 9.17) is 56.7 Å². The number of primary amides is 1. The minimum absolute atomic E-state index is 0. The SMILES string of the molecule is C.C.C.C.CC(C)CC(N)=O.CC(C)CC(N)=S.CC(C)CC(N)=S.CCOC(=O)C(Cl)C=O.CCOC(=O)C(Cl)C=O.CCOC(=O)CCl.CCOC(=O)c1cnc(CC(C)C)s1.CCOC=O.S=PP=S=S=S=S. The van der Waals surface area contributed by atoms with Gasteiger partial charge in [-0.1, -0.05) is 110 Å². The number of nitrogens with two attached hydrogens (primary N) is 3. The number of aromatic nitrogens is 1. The van der Waals surface area contributed by atoms with E-state index in [1.165, 1.54) is 27.3 Å². The number of thiazole rings is 1. The minimum atomic E-state index is -1.15. The Labute approximate surface area is 508 Å². The van der Waals surface area contributed by atoms with Gasteiger partial charge in [-0.05, 0) is 121 Å². The molecule has 2 unspecified atom stereocenters. The Bertz CT molecular complexity index is 1700. The Balaban J connectivity index is -0.0000000612. The summed E-state index contributed by atoms with van der Waals surface area (Å²) >= 11 is 35.3. The lowest BCUT2D eigenvalue weighted by molar-refractivity contribution is -0.144. The molecule has 0 spiro atoms. The molecule has 1 aromatic heterocycles. The predicted octanol–water partition coefficient (Wildman–Crippen LogP) is 11.6. The smallest absolute Gasteiger partial charge is 0.349 e. The topological polar surface area (TPSA) is 274 Å². The third-order valence-corrected chi connectivity index (χ3v) is 17.6. The van der Waals surface area contributed by atoms with Crippen molar-refractivity contribution in [3.05, 3.63) is 16.1 Å². The summed E-state index contributed by atoms with van der Waals surface area (Å²) in [4.78, 5) is 86.9. The average molecular weight is 1330 g/mol. The maximum Gasteiger partial charge on any atom is 0.349 e. The predicted molar refractivity (Wildman–Crippen MR) is 345 cm³/mol. The number of esters is 4. The molecule has 17 nitrogen and oxygen atoms in total. The van der Waals surface area contributed by atoms with E-state index in [2.05, 4.69) is 113 Å². The number of amides is 1. The zero-order valence-electron chi connectivity index (χ0n) is 43.1. The van der Waals surface area contributed by atoms with E-state index in [0.29, 0.717) is 83.8 Å². The van der Waals surface area contributed by atoms with E-state index in [1.807, 2.05) is 13.8 Å². The number of aldehydes is 2. The van der Waals surface area contributed by atoms with Crippen LogP contribution >= 0.6 is 84.7 Å². The summed E-state index contributed by atoms with van der Waals surface area (Å²) in [6, 6.07) is 0.